The molecule has 3 heteroatoms. The monoisotopic (exact) mass is 497 g/mol. The molecular weight excluding hydrogens is 464 g/mol. The molecule has 3 nitrogen and oxygen atoms in total. The van der Waals surface area contributed by atoms with Crippen molar-refractivity contribution >= 4 is 21.7 Å². The number of fused-ring (bicyclic) bond motifs is 3. The minimum absolute atomic E-state index is 0.480. The number of rotatable bonds is 9. The van der Waals surface area contributed by atoms with Gasteiger partial charge in [0.1, 0.15) is 12.6 Å². The fourth-order valence-electron chi connectivity index (χ4n) is 5.61. The highest BCUT2D eigenvalue weighted by atomic mass is 16.3. The van der Waals surface area contributed by atoms with Gasteiger partial charge in [-0.1, -0.05) is 127 Å². The van der Waals surface area contributed by atoms with Crippen molar-refractivity contribution < 1.29 is 10.4 Å². The summed E-state index contributed by atoms with van der Waals surface area (Å²) in [6.45, 7) is 2.15. The van der Waals surface area contributed by atoms with Crippen LogP contribution in [0, 0.1) is 0 Å². The maximum absolute atomic E-state index is 11.3. The van der Waals surface area contributed by atoms with Crippen molar-refractivity contribution in [1.29, 1.82) is 0 Å². The summed E-state index contributed by atoms with van der Waals surface area (Å²) in [5.74, 6) is 0. The third-order valence-electron chi connectivity index (χ3n) is 7.37. The molecule has 0 fully saturated rings. The highest BCUT2D eigenvalue weighted by Gasteiger charge is 2.23. The van der Waals surface area contributed by atoms with Crippen molar-refractivity contribution in [2.75, 3.05) is 13.1 Å². The lowest BCUT2D eigenvalue weighted by atomic mass is 9.97. The van der Waals surface area contributed by atoms with Gasteiger partial charge in [0.15, 0.2) is 0 Å². The van der Waals surface area contributed by atoms with Crippen LogP contribution in [0.5, 0.6) is 0 Å². The molecule has 6 rings (SSSR count). The van der Waals surface area contributed by atoms with Gasteiger partial charge in [-0.15, -0.1) is 0 Å². The van der Waals surface area contributed by atoms with Gasteiger partial charge in [0.2, 0.25) is 0 Å². The van der Waals surface area contributed by atoms with Gasteiger partial charge in [-0.3, -0.25) is 0 Å². The summed E-state index contributed by atoms with van der Waals surface area (Å²) < 4.78 is 2.37. The zero-order chi connectivity index (χ0) is 25.7. The summed E-state index contributed by atoms with van der Waals surface area (Å²) in [6.07, 6.45) is 0.518. The summed E-state index contributed by atoms with van der Waals surface area (Å²) in [5.41, 5.74) is 7.25. The number of aromatic nitrogens is 1. The molecule has 1 aromatic heterocycles. The first-order chi connectivity index (χ1) is 18.8. The molecule has 6 aromatic rings. The number of benzene rings is 5. The summed E-state index contributed by atoms with van der Waals surface area (Å²) in [6, 6.07) is 44.9. The molecule has 0 spiro atoms. The van der Waals surface area contributed by atoms with Crippen LogP contribution in [0.15, 0.2) is 127 Å². The number of nitrogens with two attached hydrogens (primary N) is 1. The Morgan fingerprint density at radius 3 is 2.00 bits per heavy atom. The first kappa shape index (κ1) is 24.2. The molecule has 5 aromatic carbocycles. The van der Waals surface area contributed by atoms with Gasteiger partial charge >= 0.3 is 0 Å². The van der Waals surface area contributed by atoms with E-state index in [1.807, 2.05) is 0 Å². The number of quaternary nitrogens is 1. The van der Waals surface area contributed by atoms with Crippen LogP contribution in [0.25, 0.3) is 44.1 Å². The van der Waals surface area contributed by atoms with Crippen LogP contribution in [-0.2, 0) is 13.0 Å². The van der Waals surface area contributed by atoms with Crippen LogP contribution in [0.4, 0.5) is 0 Å². The summed E-state index contributed by atoms with van der Waals surface area (Å²) >= 11 is 0. The van der Waals surface area contributed by atoms with Crippen LogP contribution in [-0.4, -0.2) is 28.9 Å². The van der Waals surface area contributed by atoms with Gasteiger partial charge in [-0.05, 0) is 22.1 Å². The Labute approximate surface area is 224 Å². The molecule has 3 N–H and O–H groups in total. The van der Waals surface area contributed by atoms with E-state index in [-0.39, 0.29) is 0 Å². The topological polar surface area (TPSA) is 41.8 Å². The molecule has 0 radical (unpaired) electrons. The zero-order valence-electron chi connectivity index (χ0n) is 21.5. The van der Waals surface area contributed by atoms with E-state index in [9.17, 15) is 5.11 Å². The van der Waals surface area contributed by atoms with Gasteiger partial charge < -0.3 is 15.0 Å². The van der Waals surface area contributed by atoms with E-state index in [0.29, 0.717) is 13.1 Å². The molecule has 0 saturated heterocycles. The normalized spacial score (nSPS) is 12.2. The predicted octanol–water partition coefficient (Wildman–Crippen LogP) is 6.30. The Hall–Kier alpha value is -4.18. The fourth-order valence-corrected chi connectivity index (χ4v) is 5.61. The van der Waals surface area contributed by atoms with E-state index in [1.165, 1.54) is 38.4 Å². The Kier molecular flexibility index (Phi) is 7.03. The molecule has 1 unspecified atom stereocenters. The molecular formula is C35H33N2O+. The van der Waals surface area contributed by atoms with Crippen LogP contribution < -0.4 is 5.32 Å². The highest BCUT2D eigenvalue weighted by Crippen LogP contribution is 2.43. The van der Waals surface area contributed by atoms with Crippen molar-refractivity contribution in [2.24, 2.45) is 0 Å². The van der Waals surface area contributed by atoms with Crippen LogP contribution in [0.3, 0.4) is 0 Å². The second kappa shape index (κ2) is 11.1. The second-order valence-electron chi connectivity index (χ2n) is 9.95. The number of aliphatic hydroxyl groups excluding tert-OH is 1. The summed E-state index contributed by atoms with van der Waals surface area (Å²) in [5, 5.41) is 17.2. The van der Waals surface area contributed by atoms with Gasteiger partial charge in [0.05, 0.1) is 24.3 Å². The number of nitrogens with zero attached hydrogens (tertiary/aromatic N) is 1. The van der Waals surface area contributed by atoms with Crippen LogP contribution in [0.2, 0.25) is 0 Å². The Morgan fingerprint density at radius 2 is 1.26 bits per heavy atom. The van der Waals surface area contributed by atoms with Gasteiger partial charge in [0.25, 0.3) is 0 Å². The minimum Gasteiger partial charge on any atom is -0.385 e. The largest absolute Gasteiger partial charge is 0.385 e. The third-order valence-corrected chi connectivity index (χ3v) is 7.37. The molecule has 0 aliphatic carbocycles. The zero-order valence-corrected chi connectivity index (χ0v) is 21.5. The third kappa shape index (κ3) is 4.87. The average molecular weight is 498 g/mol. The van der Waals surface area contributed by atoms with Crippen molar-refractivity contribution in [2.45, 2.75) is 19.1 Å². The van der Waals surface area contributed by atoms with E-state index in [4.69, 9.17) is 0 Å². The first-order valence-corrected chi connectivity index (χ1v) is 13.5. The molecule has 1 atom stereocenters. The van der Waals surface area contributed by atoms with E-state index >= 15 is 0 Å². The Morgan fingerprint density at radius 1 is 0.632 bits per heavy atom. The summed E-state index contributed by atoms with van der Waals surface area (Å²) in [4.78, 5) is 0. The predicted molar refractivity (Wildman–Crippen MR) is 158 cm³/mol. The Bertz CT molecular complexity index is 1640. The molecule has 38 heavy (non-hydrogen) atoms. The lowest BCUT2D eigenvalue weighted by molar-refractivity contribution is -0.660. The van der Waals surface area contributed by atoms with Crippen molar-refractivity contribution in [3.05, 3.63) is 133 Å². The lowest BCUT2D eigenvalue weighted by Gasteiger charge is -2.17. The standard InChI is InChI=1S/C35H32N2O/c38-30(24-36-23-22-26-12-4-1-5-13-26)25-37-34(29-17-8-3-9-18-29)33(28-15-6-2-7-16-28)32-21-20-27-14-10-11-19-31(27)35(32)37/h1-21,30,36,38H,22-25H2/p+1. The maximum Gasteiger partial charge on any atom is 0.121 e. The minimum atomic E-state index is -0.480. The van der Waals surface area contributed by atoms with Crippen LogP contribution >= 0.6 is 0 Å². The number of hydrogen-bond acceptors (Lipinski definition) is 1. The van der Waals surface area contributed by atoms with E-state index in [2.05, 4.69) is 137 Å². The van der Waals surface area contributed by atoms with Crippen molar-refractivity contribution in [3.8, 4) is 22.4 Å². The van der Waals surface area contributed by atoms with Gasteiger partial charge in [-0.2, -0.15) is 0 Å². The second-order valence-corrected chi connectivity index (χ2v) is 9.95. The summed E-state index contributed by atoms with van der Waals surface area (Å²) in [7, 11) is 0. The molecule has 188 valence electrons. The smallest absolute Gasteiger partial charge is 0.121 e. The SMILES string of the molecule is OC(C[NH2+]CCc1ccccc1)Cn1c(-c2ccccc2)c(-c2ccccc2)c2ccc3ccccc3c21. The Balaban J connectivity index is 1.43. The lowest BCUT2D eigenvalue weighted by Crippen LogP contribution is -2.87. The van der Waals surface area contributed by atoms with Gasteiger partial charge in [0, 0.05) is 22.8 Å². The van der Waals surface area contributed by atoms with E-state index in [0.717, 1.165) is 24.2 Å². The highest BCUT2D eigenvalue weighted by molar-refractivity contribution is 6.15. The van der Waals surface area contributed by atoms with E-state index < -0.39 is 6.10 Å². The number of aliphatic hydroxyl groups is 1. The molecule has 0 aliphatic heterocycles. The van der Waals surface area contributed by atoms with Crippen LogP contribution in [0.1, 0.15) is 5.56 Å². The first-order valence-electron chi connectivity index (χ1n) is 13.5. The maximum atomic E-state index is 11.3. The average Bonchev–Trinajstić information content (AvgIpc) is 3.31. The quantitative estimate of drug-likeness (QED) is 0.226. The van der Waals surface area contributed by atoms with Gasteiger partial charge in [-0.25, -0.2) is 0 Å². The van der Waals surface area contributed by atoms with Crippen molar-refractivity contribution in [1.82, 2.24) is 4.57 Å². The van der Waals surface area contributed by atoms with E-state index in [1.54, 1.807) is 0 Å². The molecule has 0 saturated carbocycles. The number of hydrogen-bond donors (Lipinski definition) is 2. The fraction of sp³-hybridized carbons (Fsp3) is 0.143. The molecule has 1 heterocycles. The van der Waals surface area contributed by atoms with Crippen molar-refractivity contribution in [3.63, 3.8) is 0 Å². The molecule has 0 aliphatic rings. The molecule has 0 bridgehead atoms. The molecule has 0 amide bonds.